The summed E-state index contributed by atoms with van der Waals surface area (Å²) in [6.45, 7) is 4.63. The number of sulfonamides is 1. The summed E-state index contributed by atoms with van der Waals surface area (Å²) < 4.78 is 42.1. The number of nitrogens with zero attached hydrogens (tertiary/aromatic N) is 1. The summed E-state index contributed by atoms with van der Waals surface area (Å²) in [6, 6.07) is 6.31. The van der Waals surface area contributed by atoms with Gasteiger partial charge in [-0.1, -0.05) is 29.7 Å². The zero-order valence-electron chi connectivity index (χ0n) is 18.4. The average molecular weight is 466 g/mol. The monoisotopic (exact) mass is 465 g/mol. The molecule has 0 fully saturated rings. The highest BCUT2D eigenvalue weighted by molar-refractivity contribution is 7.89. The van der Waals surface area contributed by atoms with Crippen molar-refractivity contribution >= 4 is 27.9 Å². The Morgan fingerprint density at radius 1 is 1.06 bits per heavy atom. The van der Waals surface area contributed by atoms with Crippen molar-refractivity contribution in [2.24, 2.45) is 0 Å². The van der Waals surface area contributed by atoms with Crippen molar-refractivity contribution in [3.8, 4) is 12.3 Å². The highest BCUT2D eigenvalue weighted by atomic mass is 32.2. The fourth-order valence-corrected chi connectivity index (χ4v) is 3.87. The van der Waals surface area contributed by atoms with Gasteiger partial charge in [0.15, 0.2) is 12.2 Å². The van der Waals surface area contributed by atoms with Gasteiger partial charge >= 0.3 is 17.9 Å². The van der Waals surface area contributed by atoms with Crippen LogP contribution in [-0.4, -0.2) is 62.5 Å². The first-order valence-corrected chi connectivity index (χ1v) is 11.1. The van der Waals surface area contributed by atoms with Crippen molar-refractivity contribution in [1.82, 2.24) is 4.31 Å². The van der Waals surface area contributed by atoms with Crippen LogP contribution in [0.4, 0.5) is 0 Å². The van der Waals surface area contributed by atoms with E-state index in [0.29, 0.717) is 0 Å². The van der Waals surface area contributed by atoms with Crippen LogP contribution in [0.2, 0.25) is 0 Å². The SMILES string of the molecule is C#CCN(C/C=C/[C@H](OC(C)=O)[C@@H](COC(C)=O)OC(C)=O)S(=O)(=O)c1ccc(C)cc1. The molecule has 1 aromatic rings. The number of carbonyl (C=O) groups excluding carboxylic acids is 3. The summed E-state index contributed by atoms with van der Waals surface area (Å²) in [5.41, 5.74) is 0.904. The normalized spacial score (nSPS) is 13.2. The number of hydrogen-bond donors (Lipinski definition) is 0. The Kier molecular flexibility index (Phi) is 10.6. The van der Waals surface area contributed by atoms with Crippen LogP contribution < -0.4 is 0 Å². The van der Waals surface area contributed by atoms with Crippen LogP contribution in [0, 0.1) is 19.3 Å². The standard InChI is InChI=1S/C22H27NO8S/c1-6-13-23(32(27,28)20-11-9-16(2)10-12-20)14-7-8-21(30-18(4)25)22(31-19(5)26)15-29-17(3)24/h1,7-12,21-22H,13-15H2,2-5H3/b8-7+/t21-,22+/m0/s1. The molecule has 0 radical (unpaired) electrons. The van der Waals surface area contributed by atoms with Crippen LogP contribution in [-0.2, 0) is 38.6 Å². The Labute approximate surface area is 188 Å². The Hall–Kier alpha value is -3.16. The number of hydrogen-bond acceptors (Lipinski definition) is 8. The zero-order chi connectivity index (χ0) is 24.3. The van der Waals surface area contributed by atoms with E-state index in [1.54, 1.807) is 12.1 Å². The van der Waals surface area contributed by atoms with Gasteiger partial charge in [0.25, 0.3) is 0 Å². The summed E-state index contributed by atoms with van der Waals surface area (Å²) in [4.78, 5) is 34.2. The van der Waals surface area contributed by atoms with Gasteiger partial charge in [0, 0.05) is 27.3 Å². The molecule has 32 heavy (non-hydrogen) atoms. The Morgan fingerprint density at radius 2 is 1.66 bits per heavy atom. The lowest BCUT2D eigenvalue weighted by atomic mass is 10.2. The number of terminal acetylenes is 1. The van der Waals surface area contributed by atoms with Crippen LogP contribution in [0.1, 0.15) is 26.3 Å². The second kappa shape index (κ2) is 12.6. The molecule has 0 aliphatic carbocycles. The molecule has 174 valence electrons. The molecule has 0 aromatic heterocycles. The lowest BCUT2D eigenvalue weighted by Crippen LogP contribution is -2.37. The predicted molar refractivity (Wildman–Crippen MR) is 116 cm³/mol. The van der Waals surface area contributed by atoms with E-state index in [-0.39, 0.29) is 24.6 Å². The van der Waals surface area contributed by atoms with E-state index in [0.717, 1.165) is 23.7 Å². The van der Waals surface area contributed by atoms with Gasteiger partial charge in [0.05, 0.1) is 11.4 Å². The zero-order valence-corrected chi connectivity index (χ0v) is 19.3. The molecule has 0 aliphatic heterocycles. The third-order valence-electron chi connectivity index (χ3n) is 4.00. The van der Waals surface area contributed by atoms with E-state index in [1.165, 1.54) is 31.2 Å². The molecule has 0 saturated carbocycles. The van der Waals surface area contributed by atoms with Crippen molar-refractivity contribution < 1.29 is 37.0 Å². The smallest absolute Gasteiger partial charge is 0.303 e. The maximum absolute atomic E-state index is 12.9. The third-order valence-corrected chi connectivity index (χ3v) is 5.82. The first kappa shape index (κ1) is 26.9. The molecule has 0 aliphatic rings. The molecule has 10 heteroatoms. The van der Waals surface area contributed by atoms with E-state index in [4.69, 9.17) is 20.6 Å². The van der Waals surface area contributed by atoms with Gasteiger partial charge in [-0.3, -0.25) is 14.4 Å². The number of ether oxygens (including phenoxy) is 3. The topological polar surface area (TPSA) is 116 Å². The maximum atomic E-state index is 12.9. The van der Waals surface area contributed by atoms with Gasteiger partial charge in [-0.15, -0.1) is 6.42 Å². The van der Waals surface area contributed by atoms with Gasteiger partial charge in [0.2, 0.25) is 10.0 Å². The first-order chi connectivity index (χ1) is 15.0. The molecule has 1 aromatic carbocycles. The second-order valence-corrected chi connectivity index (χ2v) is 8.71. The number of carbonyl (C=O) groups is 3. The van der Waals surface area contributed by atoms with E-state index >= 15 is 0 Å². The molecule has 2 atom stereocenters. The van der Waals surface area contributed by atoms with Gasteiger partial charge in [-0.25, -0.2) is 8.42 Å². The number of benzene rings is 1. The van der Waals surface area contributed by atoms with E-state index < -0.39 is 40.1 Å². The molecule has 9 nitrogen and oxygen atoms in total. The van der Waals surface area contributed by atoms with Crippen LogP contribution in [0.25, 0.3) is 0 Å². The number of rotatable bonds is 11. The van der Waals surface area contributed by atoms with Crippen molar-refractivity contribution in [3.05, 3.63) is 42.0 Å². The summed E-state index contributed by atoms with van der Waals surface area (Å²) in [5.74, 6) is 0.343. The summed E-state index contributed by atoms with van der Waals surface area (Å²) in [5, 5.41) is 0. The second-order valence-electron chi connectivity index (χ2n) is 6.77. The van der Waals surface area contributed by atoms with Crippen LogP contribution in [0.5, 0.6) is 0 Å². The van der Waals surface area contributed by atoms with Crippen LogP contribution in [0.15, 0.2) is 41.3 Å². The fourth-order valence-electron chi connectivity index (χ4n) is 2.56. The van der Waals surface area contributed by atoms with Crippen LogP contribution >= 0.6 is 0 Å². The molecule has 0 unspecified atom stereocenters. The van der Waals surface area contributed by atoms with Crippen LogP contribution in [0.3, 0.4) is 0 Å². The van der Waals surface area contributed by atoms with E-state index in [2.05, 4.69) is 5.92 Å². The fraction of sp³-hybridized carbons (Fsp3) is 0.409. The Balaban J connectivity index is 3.11. The van der Waals surface area contributed by atoms with Gasteiger partial charge in [-0.05, 0) is 25.1 Å². The Bertz CT molecular complexity index is 976. The minimum atomic E-state index is -3.88. The van der Waals surface area contributed by atoms with Gasteiger partial charge in [-0.2, -0.15) is 4.31 Å². The third kappa shape index (κ3) is 8.91. The number of esters is 3. The molecule has 0 amide bonds. The molecule has 0 N–H and O–H groups in total. The van der Waals surface area contributed by atoms with E-state index in [9.17, 15) is 22.8 Å². The summed E-state index contributed by atoms with van der Waals surface area (Å²) >= 11 is 0. The number of aryl methyl sites for hydroxylation is 1. The van der Waals surface area contributed by atoms with Gasteiger partial charge < -0.3 is 14.2 Å². The minimum Gasteiger partial charge on any atom is -0.462 e. The minimum absolute atomic E-state index is 0.0796. The largest absolute Gasteiger partial charge is 0.462 e. The molecule has 0 bridgehead atoms. The van der Waals surface area contributed by atoms with Crippen molar-refractivity contribution in [2.45, 2.75) is 44.8 Å². The summed E-state index contributed by atoms with van der Waals surface area (Å²) in [7, 11) is -3.88. The molecule has 0 saturated heterocycles. The molecule has 0 spiro atoms. The maximum Gasteiger partial charge on any atom is 0.303 e. The molecular weight excluding hydrogens is 438 g/mol. The molecular formula is C22H27NO8S. The quantitative estimate of drug-likeness (QED) is 0.209. The summed E-state index contributed by atoms with van der Waals surface area (Å²) in [6.07, 6.45) is 5.87. The molecule has 1 rings (SSSR count). The highest BCUT2D eigenvalue weighted by Gasteiger charge is 2.27. The predicted octanol–water partition coefficient (Wildman–Crippen LogP) is 1.60. The average Bonchev–Trinajstić information content (AvgIpc) is 2.69. The Morgan fingerprint density at radius 3 is 2.16 bits per heavy atom. The van der Waals surface area contributed by atoms with Crippen molar-refractivity contribution in [2.75, 3.05) is 19.7 Å². The lowest BCUT2D eigenvalue weighted by Gasteiger charge is -2.24. The molecule has 0 heterocycles. The lowest BCUT2D eigenvalue weighted by molar-refractivity contribution is -0.169. The van der Waals surface area contributed by atoms with Crippen molar-refractivity contribution in [1.29, 1.82) is 0 Å². The van der Waals surface area contributed by atoms with E-state index in [1.807, 2.05) is 6.92 Å². The van der Waals surface area contributed by atoms with Gasteiger partial charge in [0.1, 0.15) is 6.61 Å². The first-order valence-electron chi connectivity index (χ1n) is 9.62. The highest BCUT2D eigenvalue weighted by Crippen LogP contribution is 2.17. The van der Waals surface area contributed by atoms with Crippen molar-refractivity contribution in [3.63, 3.8) is 0 Å².